The summed E-state index contributed by atoms with van der Waals surface area (Å²) in [5.41, 5.74) is 0.824. The van der Waals surface area contributed by atoms with Crippen molar-refractivity contribution in [2.24, 2.45) is 10.9 Å². The topological polar surface area (TPSA) is 116 Å². The minimum atomic E-state index is -1.00. The molecule has 0 bridgehead atoms. The van der Waals surface area contributed by atoms with Gasteiger partial charge in [0, 0.05) is 22.5 Å². The number of amidine groups is 1. The summed E-state index contributed by atoms with van der Waals surface area (Å²) in [4.78, 5) is 21.4. The number of aliphatic hydroxyl groups excluding tert-OH is 2. The summed E-state index contributed by atoms with van der Waals surface area (Å²) in [5, 5.41) is 29.3. The van der Waals surface area contributed by atoms with Gasteiger partial charge in [-0.2, -0.15) is 0 Å². The molecule has 0 saturated heterocycles. The number of nitrogens with one attached hydrogen (secondary N) is 2. The van der Waals surface area contributed by atoms with Crippen molar-refractivity contribution in [1.29, 1.82) is 0 Å². The van der Waals surface area contributed by atoms with Gasteiger partial charge in [-0.25, -0.2) is 4.98 Å². The van der Waals surface area contributed by atoms with E-state index >= 15 is 0 Å². The first-order valence-corrected chi connectivity index (χ1v) is 10.5. The molecule has 1 fully saturated rings. The van der Waals surface area contributed by atoms with Gasteiger partial charge in [0.2, 0.25) is 5.91 Å². The molecule has 2 heterocycles. The van der Waals surface area contributed by atoms with E-state index in [-0.39, 0.29) is 17.6 Å². The van der Waals surface area contributed by atoms with Crippen LogP contribution in [0.2, 0.25) is 0 Å². The molecule has 28 heavy (non-hydrogen) atoms. The van der Waals surface area contributed by atoms with Crippen molar-refractivity contribution in [2.75, 3.05) is 17.7 Å². The summed E-state index contributed by atoms with van der Waals surface area (Å²) >= 11 is 2.75. The average Bonchev–Trinajstić information content (AvgIpc) is 3.35. The van der Waals surface area contributed by atoms with E-state index in [1.807, 2.05) is 24.3 Å². The minimum absolute atomic E-state index is 0.178. The molecule has 5 atom stereocenters. The number of anilines is 2. The highest BCUT2D eigenvalue weighted by molar-refractivity contribution is 8.15. The monoisotopic (exact) mass is 420 g/mol. The molecule has 0 radical (unpaired) electrons. The van der Waals surface area contributed by atoms with E-state index in [0.717, 1.165) is 11.4 Å². The number of carbonyl (C=O) groups excluding carboxylic acids is 1. The highest BCUT2D eigenvalue weighted by atomic mass is 32.2. The lowest BCUT2D eigenvalue weighted by molar-refractivity contribution is -0.124. The minimum Gasteiger partial charge on any atom is -0.497 e. The van der Waals surface area contributed by atoms with E-state index in [0.29, 0.717) is 10.3 Å². The van der Waals surface area contributed by atoms with Gasteiger partial charge in [-0.05, 0) is 30.7 Å². The summed E-state index contributed by atoms with van der Waals surface area (Å²) in [6, 6.07) is 6.84. The smallest absolute Gasteiger partial charge is 0.230 e. The first-order chi connectivity index (χ1) is 13.5. The van der Waals surface area contributed by atoms with Crippen molar-refractivity contribution in [3.8, 4) is 5.75 Å². The van der Waals surface area contributed by atoms with E-state index in [2.05, 4.69) is 20.6 Å². The van der Waals surface area contributed by atoms with E-state index in [1.165, 1.54) is 23.1 Å². The molecule has 8 nitrogen and oxygen atoms in total. The molecule has 1 amide bonds. The molecule has 4 N–H and O–H groups in total. The van der Waals surface area contributed by atoms with E-state index < -0.39 is 24.2 Å². The second-order valence-electron chi connectivity index (χ2n) is 6.59. The number of thioether (sulfide) groups is 1. The van der Waals surface area contributed by atoms with Crippen LogP contribution >= 0.6 is 23.1 Å². The third kappa shape index (κ3) is 3.86. The van der Waals surface area contributed by atoms with Crippen LogP contribution in [0.1, 0.15) is 6.42 Å². The summed E-state index contributed by atoms with van der Waals surface area (Å²) in [6.45, 7) is 0. The van der Waals surface area contributed by atoms with Gasteiger partial charge in [0.15, 0.2) is 10.3 Å². The van der Waals surface area contributed by atoms with Crippen LogP contribution in [0, 0.1) is 5.92 Å². The number of aliphatic hydroxyl groups is 2. The number of hydrogen-bond donors (Lipinski definition) is 4. The fourth-order valence-corrected chi connectivity index (χ4v) is 5.30. The number of methoxy groups -OCH3 is 1. The number of benzene rings is 1. The third-order valence-electron chi connectivity index (χ3n) is 4.83. The summed E-state index contributed by atoms with van der Waals surface area (Å²) in [7, 11) is 1.60. The van der Waals surface area contributed by atoms with E-state index in [1.54, 1.807) is 18.7 Å². The van der Waals surface area contributed by atoms with Crippen molar-refractivity contribution in [3.63, 3.8) is 0 Å². The van der Waals surface area contributed by atoms with Crippen LogP contribution in [-0.2, 0) is 4.79 Å². The Bertz CT molecular complexity index is 859. The van der Waals surface area contributed by atoms with Crippen LogP contribution in [-0.4, -0.2) is 56.9 Å². The highest BCUT2D eigenvalue weighted by Crippen LogP contribution is 2.42. The third-order valence-corrected chi connectivity index (χ3v) is 6.83. The first kappa shape index (κ1) is 19.2. The average molecular weight is 421 g/mol. The molecule has 2 aliphatic rings. The maximum atomic E-state index is 12.8. The zero-order chi connectivity index (χ0) is 19.7. The molecule has 1 aliphatic carbocycles. The second kappa shape index (κ2) is 8.08. The molecule has 1 aromatic carbocycles. The first-order valence-electron chi connectivity index (χ1n) is 8.77. The van der Waals surface area contributed by atoms with Crippen LogP contribution in [0.15, 0.2) is 40.8 Å². The van der Waals surface area contributed by atoms with E-state index in [9.17, 15) is 15.0 Å². The molecule has 2 aromatic rings. The summed E-state index contributed by atoms with van der Waals surface area (Å²) in [6.07, 6.45) is -0.209. The van der Waals surface area contributed by atoms with Crippen LogP contribution in [0.4, 0.5) is 10.8 Å². The maximum absolute atomic E-state index is 12.8. The Kier molecular flexibility index (Phi) is 5.54. The number of amides is 1. The quantitative estimate of drug-likeness (QED) is 0.596. The van der Waals surface area contributed by atoms with Gasteiger partial charge >= 0.3 is 0 Å². The number of carbonyl (C=O) groups is 1. The van der Waals surface area contributed by atoms with Crippen molar-refractivity contribution in [3.05, 3.63) is 35.8 Å². The highest BCUT2D eigenvalue weighted by Gasteiger charge is 2.50. The molecule has 10 heteroatoms. The number of aliphatic imine (C=N–C) groups is 1. The van der Waals surface area contributed by atoms with Crippen molar-refractivity contribution in [1.82, 2.24) is 4.98 Å². The van der Waals surface area contributed by atoms with Crippen molar-refractivity contribution < 1.29 is 19.7 Å². The maximum Gasteiger partial charge on any atom is 0.230 e. The zero-order valence-corrected chi connectivity index (χ0v) is 16.6. The number of nitrogens with zero attached hydrogens (tertiary/aromatic N) is 2. The molecule has 1 aromatic heterocycles. The predicted octanol–water partition coefficient (Wildman–Crippen LogP) is 1.78. The fraction of sp³-hybridized carbons (Fsp3) is 0.389. The molecule has 0 unspecified atom stereocenters. The van der Waals surface area contributed by atoms with Gasteiger partial charge in [0.05, 0.1) is 25.2 Å². The molecule has 1 aliphatic heterocycles. The molecule has 4 rings (SSSR count). The number of fused-ring (bicyclic) bond motifs is 1. The Morgan fingerprint density at radius 1 is 1.29 bits per heavy atom. The van der Waals surface area contributed by atoms with Gasteiger partial charge in [-0.3, -0.25) is 9.79 Å². The summed E-state index contributed by atoms with van der Waals surface area (Å²) in [5.74, 6) is 0.0400. The van der Waals surface area contributed by atoms with Crippen molar-refractivity contribution in [2.45, 2.75) is 29.9 Å². The molecule has 0 spiro atoms. The Labute approximate surface area is 170 Å². The van der Waals surface area contributed by atoms with Crippen LogP contribution in [0.3, 0.4) is 0 Å². The molecule has 1 saturated carbocycles. The van der Waals surface area contributed by atoms with Gasteiger partial charge in [-0.15, -0.1) is 11.3 Å². The van der Waals surface area contributed by atoms with Crippen LogP contribution in [0.5, 0.6) is 5.75 Å². The Morgan fingerprint density at radius 2 is 2.07 bits per heavy atom. The predicted molar refractivity (Wildman–Crippen MR) is 110 cm³/mol. The number of rotatable bonds is 4. The SMILES string of the molecule is COc1ccc(NC2=N[C@@H]3[C@@H](O)[C@H](O)C[C@H](C(=O)Nc4nccs4)[C@H]3S2)cc1. The normalized spacial score (nSPS) is 29.0. The largest absolute Gasteiger partial charge is 0.497 e. The Morgan fingerprint density at radius 3 is 2.75 bits per heavy atom. The Balaban J connectivity index is 1.49. The Hall–Kier alpha value is -2.14. The van der Waals surface area contributed by atoms with Crippen LogP contribution in [0.25, 0.3) is 0 Å². The zero-order valence-electron chi connectivity index (χ0n) is 15.0. The van der Waals surface area contributed by atoms with Crippen molar-refractivity contribution >= 4 is 45.0 Å². The lowest BCUT2D eigenvalue weighted by atomic mass is 9.81. The summed E-state index contributed by atoms with van der Waals surface area (Å²) < 4.78 is 5.15. The van der Waals surface area contributed by atoms with E-state index in [4.69, 9.17) is 4.74 Å². The number of aromatic nitrogens is 1. The van der Waals surface area contributed by atoms with Gasteiger partial charge in [-0.1, -0.05) is 11.8 Å². The van der Waals surface area contributed by atoms with Crippen LogP contribution < -0.4 is 15.4 Å². The second-order valence-corrected chi connectivity index (χ2v) is 8.65. The molecule has 148 valence electrons. The molecular formula is C18H20N4O4S2. The lowest BCUT2D eigenvalue weighted by Crippen LogP contribution is -2.52. The lowest BCUT2D eigenvalue weighted by Gasteiger charge is -2.37. The van der Waals surface area contributed by atoms with Gasteiger partial charge in [0.1, 0.15) is 11.9 Å². The standard InChI is InChI=1S/C18H20N4O4S2/c1-26-10-4-2-9(3-5-10)20-18-21-13-14(24)12(23)8-11(15(13)28-18)16(25)22-17-19-6-7-27-17/h2-7,11-15,23-24H,8H2,1H3,(H,20,21)(H,19,22,25)/t11-,12+,13+,14-,15+/m0/s1. The molecular weight excluding hydrogens is 400 g/mol. The van der Waals surface area contributed by atoms with Gasteiger partial charge in [0.25, 0.3) is 0 Å². The fourth-order valence-electron chi connectivity index (χ4n) is 3.39. The number of thiazole rings is 1. The number of hydrogen-bond acceptors (Lipinski definition) is 9. The number of ether oxygens (including phenoxy) is 1. The van der Waals surface area contributed by atoms with Gasteiger partial charge < -0.3 is 25.6 Å².